The first-order chi connectivity index (χ1) is 12.2. The van der Waals surface area contributed by atoms with Crippen molar-refractivity contribution in [2.24, 2.45) is 0 Å². The first kappa shape index (κ1) is 15.6. The minimum absolute atomic E-state index is 0.0513. The Morgan fingerprint density at radius 1 is 1.32 bits per heavy atom. The molecule has 8 nitrogen and oxygen atoms in total. The van der Waals surface area contributed by atoms with Crippen LogP contribution in [0.4, 0.5) is 5.69 Å². The van der Waals surface area contributed by atoms with Crippen LogP contribution in [0, 0.1) is 0 Å². The monoisotopic (exact) mass is 340 g/mol. The fraction of sp³-hybridized carbons (Fsp3) is 0.353. The molecule has 3 N–H and O–H groups in total. The van der Waals surface area contributed by atoms with Gasteiger partial charge in [-0.2, -0.15) is 5.10 Å². The zero-order chi connectivity index (χ0) is 17.2. The molecule has 130 valence electrons. The number of fused-ring (bicyclic) bond motifs is 1. The topological polar surface area (TPSA) is 98.8 Å². The number of carbonyl (C=O) groups excluding carboxylic acids is 1. The summed E-state index contributed by atoms with van der Waals surface area (Å²) in [4.78, 5) is 31.3. The van der Waals surface area contributed by atoms with E-state index in [1.807, 2.05) is 16.9 Å². The molecule has 1 aromatic carbocycles. The quantitative estimate of drug-likeness (QED) is 0.649. The highest BCUT2D eigenvalue weighted by Gasteiger charge is 2.26. The van der Waals surface area contributed by atoms with E-state index in [0.717, 1.165) is 31.4 Å². The maximum atomic E-state index is 12.4. The van der Waals surface area contributed by atoms with Gasteiger partial charge in [-0.1, -0.05) is 0 Å². The van der Waals surface area contributed by atoms with Crippen molar-refractivity contribution in [3.63, 3.8) is 0 Å². The maximum absolute atomic E-state index is 12.4. The van der Waals surface area contributed by atoms with Crippen molar-refractivity contribution < 1.29 is 4.79 Å². The minimum atomic E-state index is -0.253. The van der Waals surface area contributed by atoms with Gasteiger partial charge in [-0.3, -0.25) is 14.4 Å². The third kappa shape index (κ3) is 3.48. The summed E-state index contributed by atoms with van der Waals surface area (Å²) >= 11 is 0. The number of anilines is 1. The molecule has 25 heavy (non-hydrogen) atoms. The Morgan fingerprint density at radius 3 is 3.04 bits per heavy atom. The van der Waals surface area contributed by atoms with E-state index in [1.165, 1.54) is 0 Å². The van der Waals surface area contributed by atoms with Crippen LogP contribution in [0.3, 0.4) is 0 Å². The zero-order valence-electron chi connectivity index (χ0n) is 13.7. The summed E-state index contributed by atoms with van der Waals surface area (Å²) in [5.41, 5.74) is 1.83. The van der Waals surface area contributed by atoms with Crippen LogP contribution < -0.4 is 11.0 Å². The highest BCUT2D eigenvalue weighted by atomic mass is 16.2. The molecule has 1 unspecified atom stereocenters. The minimum Gasteiger partial charge on any atom is -0.325 e. The molecule has 0 bridgehead atoms. The lowest BCUT2D eigenvalue weighted by atomic mass is 10.2. The third-order valence-electron chi connectivity index (χ3n) is 4.60. The highest BCUT2D eigenvalue weighted by Crippen LogP contribution is 2.19. The van der Waals surface area contributed by atoms with Crippen molar-refractivity contribution in [2.75, 3.05) is 18.4 Å². The first-order valence-corrected chi connectivity index (χ1v) is 8.41. The molecule has 1 fully saturated rings. The standard InChI is InChI=1S/C17H20N6O2/c24-16(19-12-4-5-14-15(9-12)21-17(25)20-14)11-22-7-1-3-13(22)10-23-8-2-6-18-23/h2,4-6,8-9,13H,1,3,7,10-11H2,(H,19,24)(H2,20,21,25). The van der Waals surface area contributed by atoms with Crippen LogP contribution in [0.1, 0.15) is 12.8 Å². The van der Waals surface area contributed by atoms with E-state index in [0.29, 0.717) is 23.8 Å². The number of likely N-dealkylation sites (tertiary alicyclic amines) is 1. The van der Waals surface area contributed by atoms with Gasteiger partial charge in [-0.15, -0.1) is 0 Å². The summed E-state index contributed by atoms with van der Waals surface area (Å²) < 4.78 is 1.91. The van der Waals surface area contributed by atoms with Crippen molar-refractivity contribution in [2.45, 2.75) is 25.4 Å². The Morgan fingerprint density at radius 2 is 2.20 bits per heavy atom. The predicted molar refractivity (Wildman–Crippen MR) is 94.4 cm³/mol. The van der Waals surface area contributed by atoms with Crippen molar-refractivity contribution in [1.82, 2.24) is 24.6 Å². The summed E-state index contributed by atoms with van der Waals surface area (Å²) in [7, 11) is 0. The number of aromatic amines is 2. The van der Waals surface area contributed by atoms with Crippen molar-refractivity contribution in [1.29, 1.82) is 0 Å². The second-order valence-electron chi connectivity index (χ2n) is 6.38. The number of nitrogens with zero attached hydrogens (tertiary/aromatic N) is 3. The molecule has 3 aromatic rings. The van der Waals surface area contributed by atoms with E-state index in [9.17, 15) is 9.59 Å². The van der Waals surface area contributed by atoms with Gasteiger partial charge in [-0.05, 0) is 43.7 Å². The van der Waals surface area contributed by atoms with Crippen LogP contribution in [0.2, 0.25) is 0 Å². The molecule has 1 aliphatic rings. The van der Waals surface area contributed by atoms with Crippen LogP contribution in [-0.2, 0) is 11.3 Å². The van der Waals surface area contributed by atoms with Gasteiger partial charge in [0.25, 0.3) is 0 Å². The number of H-pyrrole nitrogens is 2. The lowest BCUT2D eigenvalue weighted by Gasteiger charge is -2.23. The molecule has 1 saturated heterocycles. The maximum Gasteiger partial charge on any atom is 0.323 e. The Balaban J connectivity index is 1.39. The summed E-state index contributed by atoms with van der Waals surface area (Å²) in [5.74, 6) is -0.0513. The zero-order valence-corrected chi connectivity index (χ0v) is 13.7. The van der Waals surface area contributed by atoms with Crippen LogP contribution in [0.15, 0.2) is 41.5 Å². The number of benzene rings is 1. The molecule has 4 rings (SSSR count). The van der Waals surface area contributed by atoms with E-state index in [-0.39, 0.29) is 11.6 Å². The van der Waals surface area contributed by atoms with Gasteiger partial charge in [0, 0.05) is 24.1 Å². The Bertz CT molecular complexity index is 926. The second kappa shape index (κ2) is 6.56. The molecule has 0 spiro atoms. The second-order valence-corrected chi connectivity index (χ2v) is 6.38. The number of amides is 1. The van der Waals surface area contributed by atoms with Gasteiger partial charge in [-0.25, -0.2) is 4.79 Å². The largest absolute Gasteiger partial charge is 0.325 e. The van der Waals surface area contributed by atoms with E-state index >= 15 is 0 Å². The van der Waals surface area contributed by atoms with Crippen LogP contribution >= 0.6 is 0 Å². The summed E-state index contributed by atoms with van der Waals surface area (Å²) in [5, 5.41) is 7.16. The fourth-order valence-electron chi connectivity index (χ4n) is 3.43. The molecule has 1 amide bonds. The van der Waals surface area contributed by atoms with Crippen molar-refractivity contribution >= 4 is 22.6 Å². The number of nitrogens with one attached hydrogen (secondary N) is 3. The third-order valence-corrected chi connectivity index (χ3v) is 4.60. The Hall–Kier alpha value is -2.87. The highest BCUT2D eigenvalue weighted by molar-refractivity contribution is 5.94. The van der Waals surface area contributed by atoms with E-state index in [1.54, 1.807) is 24.4 Å². The molecule has 8 heteroatoms. The lowest BCUT2D eigenvalue weighted by Crippen LogP contribution is -2.39. The number of rotatable bonds is 5. The molecule has 0 radical (unpaired) electrons. The van der Waals surface area contributed by atoms with Gasteiger partial charge in [0.05, 0.1) is 24.1 Å². The molecule has 1 atom stereocenters. The van der Waals surface area contributed by atoms with Gasteiger partial charge in [0.1, 0.15) is 0 Å². The molecule has 1 aliphatic heterocycles. The molecule has 0 saturated carbocycles. The average molecular weight is 340 g/mol. The van der Waals surface area contributed by atoms with Crippen LogP contribution in [0.25, 0.3) is 11.0 Å². The predicted octanol–water partition coefficient (Wildman–Crippen LogP) is 1.16. The molecule has 2 aromatic heterocycles. The number of hydrogen-bond donors (Lipinski definition) is 3. The van der Waals surface area contributed by atoms with Crippen molar-refractivity contribution in [3.8, 4) is 0 Å². The smallest absolute Gasteiger partial charge is 0.323 e. The van der Waals surface area contributed by atoms with Gasteiger partial charge >= 0.3 is 5.69 Å². The molecule has 0 aliphatic carbocycles. The van der Waals surface area contributed by atoms with E-state index in [4.69, 9.17) is 0 Å². The number of hydrogen-bond acceptors (Lipinski definition) is 4. The van der Waals surface area contributed by atoms with E-state index in [2.05, 4.69) is 25.3 Å². The van der Waals surface area contributed by atoms with Gasteiger partial charge < -0.3 is 15.3 Å². The number of carbonyl (C=O) groups is 1. The van der Waals surface area contributed by atoms with Gasteiger partial charge in [0.2, 0.25) is 5.91 Å². The summed E-state index contributed by atoms with van der Waals surface area (Å²) in [6.07, 6.45) is 5.89. The molecular formula is C17H20N6O2. The Labute approximate surface area is 143 Å². The fourth-order valence-corrected chi connectivity index (χ4v) is 3.43. The average Bonchev–Trinajstić information content (AvgIpc) is 3.29. The number of imidazole rings is 1. The SMILES string of the molecule is O=C(CN1CCCC1Cn1cccn1)Nc1ccc2[nH]c(=O)[nH]c2c1. The lowest BCUT2D eigenvalue weighted by molar-refractivity contribution is -0.117. The normalized spacial score (nSPS) is 18.0. The Kier molecular flexibility index (Phi) is 4.10. The molecule has 3 heterocycles. The number of aromatic nitrogens is 4. The van der Waals surface area contributed by atoms with E-state index < -0.39 is 0 Å². The first-order valence-electron chi connectivity index (χ1n) is 8.41. The summed E-state index contributed by atoms with van der Waals surface area (Å²) in [6.45, 7) is 2.08. The van der Waals surface area contributed by atoms with Crippen LogP contribution in [0.5, 0.6) is 0 Å². The molecular weight excluding hydrogens is 320 g/mol. The van der Waals surface area contributed by atoms with Gasteiger partial charge in [0.15, 0.2) is 0 Å². The van der Waals surface area contributed by atoms with Crippen LogP contribution in [-0.4, -0.2) is 49.7 Å². The summed E-state index contributed by atoms with van der Waals surface area (Å²) in [6, 6.07) is 7.56. The van der Waals surface area contributed by atoms with Crippen molar-refractivity contribution in [3.05, 3.63) is 47.1 Å².